The van der Waals surface area contributed by atoms with E-state index in [1.165, 1.54) is 0 Å². The average molecular weight is 388 g/mol. The van der Waals surface area contributed by atoms with Crippen molar-refractivity contribution in [3.05, 3.63) is 23.8 Å². The van der Waals surface area contributed by atoms with Gasteiger partial charge in [0.05, 0.1) is 0 Å². The van der Waals surface area contributed by atoms with Crippen LogP contribution in [0.3, 0.4) is 0 Å². The smallest absolute Gasteiger partial charge is 0.227 e. The summed E-state index contributed by atoms with van der Waals surface area (Å²) < 4.78 is 0. The van der Waals surface area contributed by atoms with Crippen molar-refractivity contribution < 1.29 is 9.59 Å². The van der Waals surface area contributed by atoms with E-state index in [4.69, 9.17) is 0 Å². The Kier molecular flexibility index (Phi) is 8.34. The number of hydrogen-bond acceptors (Lipinski definition) is 3. The van der Waals surface area contributed by atoms with Gasteiger partial charge in [-0.1, -0.05) is 27.2 Å². The number of hydrogen-bond donors (Lipinski definition) is 1. The molecule has 1 fully saturated rings. The van der Waals surface area contributed by atoms with E-state index in [1.54, 1.807) is 0 Å². The molecule has 0 spiro atoms. The Hall–Kier alpha value is -2.04. The molecule has 0 aliphatic heterocycles. The molecule has 5 nitrogen and oxygen atoms in total. The van der Waals surface area contributed by atoms with Crippen molar-refractivity contribution in [1.82, 2.24) is 4.90 Å². The van der Waals surface area contributed by atoms with E-state index in [1.807, 2.05) is 37.2 Å². The number of carbonyl (C=O) groups is 2. The van der Waals surface area contributed by atoms with Crippen LogP contribution in [0.1, 0.15) is 64.9 Å². The van der Waals surface area contributed by atoms with Crippen LogP contribution in [0.5, 0.6) is 0 Å². The maximum absolute atomic E-state index is 13.0. The maximum Gasteiger partial charge on any atom is 0.227 e. The molecule has 0 radical (unpaired) electrons. The summed E-state index contributed by atoms with van der Waals surface area (Å²) in [5.41, 5.74) is 2.98. The second-order valence-corrected chi connectivity index (χ2v) is 8.13. The second kappa shape index (κ2) is 10.5. The van der Waals surface area contributed by atoms with Gasteiger partial charge in [0.2, 0.25) is 11.8 Å². The standard InChI is InChI=1S/C23H37N3O2/c1-6-14-26(23(28)17(7-2)8-3)16-19-15-20(12-13-21(19)25(4)5)24-22(27)18-10-9-11-18/h12-13,15,17-18H,6-11,14,16H2,1-5H3,(H,24,27). The molecule has 0 atom stereocenters. The molecule has 1 aliphatic carbocycles. The van der Waals surface area contributed by atoms with Gasteiger partial charge in [0, 0.05) is 50.4 Å². The van der Waals surface area contributed by atoms with Gasteiger partial charge in [-0.3, -0.25) is 9.59 Å². The summed E-state index contributed by atoms with van der Waals surface area (Å²) in [5.74, 6) is 0.592. The van der Waals surface area contributed by atoms with Gasteiger partial charge in [-0.2, -0.15) is 0 Å². The molecule has 1 aliphatic rings. The minimum atomic E-state index is 0.0795. The first-order valence-electron chi connectivity index (χ1n) is 10.8. The molecule has 156 valence electrons. The Morgan fingerprint density at radius 3 is 2.32 bits per heavy atom. The van der Waals surface area contributed by atoms with Crippen molar-refractivity contribution in [2.75, 3.05) is 30.9 Å². The lowest BCUT2D eigenvalue weighted by Gasteiger charge is -2.29. The highest BCUT2D eigenvalue weighted by Crippen LogP contribution is 2.29. The summed E-state index contributed by atoms with van der Waals surface area (Å²) in [6, 6.07) is 6.04. The number of benzene rings is 1. The van der Waals surface area contributed by atoms with Crippen LogP contribution in [0, 0.1) is 11.8 Å². The van der Waals surface area contributed by atoms with E-state index in [0.29, 0.717) is 6.54 Å². The monoisotopic (exact) mass is 387 g/mol. The molecule has 0 saturated heterocycles. The Labute approximate surface area is 170 Å². The first kappa shape index (κ1) is 22.3. The lowest BCUT2D eigenvalue weighted by Crippen LogP contribution is -2.36. The highest BCUT2D eigenvalue weighted by atomic mass is 16.2. The SMILES string of the molecule is CCCN(Cc1cc(NC(=O)C2CCC2)ccc1N(C)C)C(=O)C(CC)CC. The fourth-order valence-corrected chi connectivity index (χ4v) is 3.78. The van der Waals surface area contributed by atoms with Crippen LogP contribution in [0.2, 0.25) is 0 Å². The summed E-state index contributed by atoms with van der Waals surface area (Å²) in [6.07, 6.45) is 5.79. The molecule has 0 aromatic heterocycles. The van der Waals surface area contributed by atoms with Crippen LogP contribution >= 0.6 is 0 Å². The molecule has 5 heteroatoms. The first-order chi connectivity index (χ1) is 13.4. The molecular weight excluding hydrogens is 350 g/mol. The molecule has 0 bridgehead atoms. The number of rotatable bonds is 10. The summed E-state index contributed by atoms with van der Waals surface area (Å²) >= 11 is 0. The van der Waals surface area contributed by atoms with E-state index >= 15 is 0 Å². The van der Waals surface area contributed by atoms with Crippen molar-refractivity contribution in [1.29, 1.82) is 0 Å². The number of carbonyl (C=O) groups excluding carboxylic acids is 2. The van der Waals surface area contributed by atoms with Gasteiger partial charge in [0.1, 0.15) is 0 Å². The Morgan fingerprint density at radius 2 is 1.82 bits per heavy atom. The fraction of sp³-hybridized carbons (Fsp3) is 0.652. The molecular formula is C23H37N3O2. The average Bonchev–Trinajstić information content (AvgIpc) is 2.60. The molecule has 0 heterocycles. The first-order valence-corrected chi connectivity index (χ1v) is 10.8. The Morgan fingerprint density at radius 1 is 1.14 bits per heavy atom. The highest BCUT2D eigenvalue weighted by molar-refractivity contribution is 5.93. The van der Waals surface area contributed by atoms with Crippen molar-refractivity contribution in [2.24, 2.45) is 11.8 Å². The van der Waals surface area contributed by atoms with E-state index in [9.17, 15) is 9.59 Å². The van der Waals surface area contributed by atoms with Gasteiger partial charge in [0.25, 0.3) is 0 Å². The molecule has 2 amide bonds. The molecule has 1 aromatic carbocycles. The van der Waals surface area contributed by atoms with Crippen LogP contribution in [0.4, 0.5) is 11.4 Å². The van der Waals surface area contributed by atoms with Gasteiger partial charge in [0.15, 0.2) is 0 Å². The zero-order chi connectivity index (χ0) is 20.7. The minimum Gasteiger partial charge on any atom is -0.377 e. The second-order valence-electron chi connectivity index (χ2n) is 8.13. The van der Waals surface area contributed by atoms with E-state index in [-0.39, 0.29) is 23.7 Å². The molecule has 0 unspecified atom stereocenters. The predicted molar refractivity (Wildman–Crippen MR) is 117 cm³/mol. The van der Waals surface area contributed by atoms with Gasteiger partial charge in [-0.15, -0.1) is 0 Å². The van der Waals surface area contributed by atoms with Gasteiger partial charge in [-0.05, 0) is 55.9 Å². The van der Waals surface area contributed by atoms with Gasteiger partial charge < -0.3 is 15.1 Å². The summed E-state index contributed by atoms with van der Waals surface area (Å²) in [7, 11) is 4.02. The molecule has 28 heavy (non-hydrogen) atoms. The van der Waals surface area contributed by atoms with Crippen molar-refractivity contribution in [3.63, 3.8) is 0 Å². The molecule has 1 aromatic rings. The Bertz CT molecular complexity index is 664. The topological polar surface area (TPSA) is 52.7 Å². The fourth-order valence-electron chi connectivity index (χ4n) is 3.78. The van der Waals surface area contributed by atoms with E-state index < -0.39 is 0 Å². The minimum absolute atomic E-state index is 0.0795. The third-order valence-electron chi connectivity index (χ3n) is 5.81. The zero-order valence-corrected chi connectivity index (χ0v) is 18.3. The van der Waals surface area contributed by atoms with Crippen LogP contribution in [0.15, 0.2) is 18.2 Å². The number of anilines is 2. The largest absolute Gasteiger partial charge is 0.377 e. The summed E-state index contributed by atoms with van der Waals surface area (Å²) in [4.78, 5) is 29.4. The van der Waals surface area contributed by atoms with Crippen molar-refractivity contribution >= 4 is 23.2 Å². The van der Waals surface area contributed by atoms with Gasteiger partial charge >= 0.3 is 0 Å². The molecule has 2 rings (SSSR count). The van der Waals surface area contributed by atoms with Crippen LogP contribution in [-0.4, -0.2) is 37.4 Å². The van der Waals surface area contributed by atoms with Crippen molar-refractivity contribution in [3.8, 4) is 0 Å². The van der Waals surface area contributed by atoms with Gasteiger partial charge in [-0.25, -0.2) is 0 Å². The molecule has 1 saturated carbocycles. The zero-order valence-electron chi connectivity index (χ0n) is 18.3. The van der Waals surface area contributed by atoms with Crippen molar-refractivity contribution in [2.45, 2.75) is 65.8 Å². The maximum atomic E-state index is 13.0. The third kappa shape index (κ3) is 5.49. The van der Waals surface area contributed by atoms with Crippen LogP contribution in [-0.2, 0) is 16.1 Å². The lowest BCUT2D eigenvalue weighted by molar-refractivity contribution is -0.136. The highest BCUT2D eigenvalue weighted by Gasteiger charge is 2.26. The quantitative estimate of drug-likeness (QED) is 0.635. The lowest BCUT2D eigenvalue weighted by atomic mass is 9.85. The molecule has 1 N–H and O–H groups in total. The van der Waals surface area contributed by atoms with E-state index in [0.717, 1.165) is 62.0 Å². The number of amides is 2. The Balaban J connectivity index is 2.24. The van der Waals surface area contributed by atoms with E-state index in [2.05, 4.69) is 31.0 Å². The predicted octanol–water partition coefficient (Wildman–Crippen LogP) is 4.67. The van der Waals surface area contributed by atoms with Crippen LogP contribution < -0.4 is 10.2 Å². The number of nitrogens with one attached hydrogen (secondary N) is 1. The summed E-state index contributed by atoms with van der Waals surface area (Å²) in [6.45, 7) is 7.59. The third-order valence-corrected chi connectivity index (χ3v) is 5.81. The van der Waals surface area contributed by atoms with Crippen LogP contribution in [0.25, 0.3) is 0 Å². The summed E-state index contributed by atoms with van der Waals surface area (Å²) in [5, 5.41) is 3.07. The normalized spacial score (nSPS) is 13.9. The number of nitrogens with zero attached hydrogens (tertiary/aromatic N) is 2.